The van der Waals surface area contributed by atoms with Crippen LogP contribution in [0.25, 0.3) is 10.2 Å². The fourth-order valence-electron chi connectivity index (χ4n) is 2.62. The highest BCUT2D eigenvalue weighted by Crippen LogP contribution is 2.36. The summed E-state index contributed by atoms with van der Waals surface area (Å²) in [5.41, 5.74) is 1.43. The lowest BCUT2D eigenvalue weighted by Crippen LogP contribution is -2.19. The molecule has 0 spiro atoms. The largest absolute Gasteiger partial charge is 0.471 e. The molecule has 0 fully saturated rings. The molecular formula is C18H20N4O4S. The highest BCUT2D eigenvalue weighted by atomic mass is 32.1. The zero-order valence-electron chi connectivity index (χ0n) is 15.5. The molecule has 3 rings (SSSR count). The van der Waals surface area contributed by atoms with E-state index in [0.717, 1.165) is 10.9 Å². The molecule has 0 saturated heterocycles. The number of hydrogen-bond donors (Lipinski definition) is 1. The van der Waals surface area contributed by atoms with E-state index >= 15 is 0 Å². The van der Waals surface area contributed by atoms with Crippen LogP contribution >= 0.6 is 11.3 Å². The van der Waals surface area contributed by atoms with Crippen molar-refractivity contribution in [3.05, 3.63) is 35.1 Å². The molecule has 3 heterocycles. The summed E-state index contributed by atoms with van der Waals surface area (Å²) in [4.78, 5) is 26.1. The molecule has 0 aromatic carbocycles. The van der Waals surface area contributed by atoms with Crippen LogP contribution < -0.4 is 10.1 Å². The molecule has 142 valence electrons. The SMILES string of the molecule is COCC(C)Oc1ncccc1Nc1ncnc2sc(C(=O)OC)c(C)c12. The van der Waals surface area contributed by atoms with E-state index in [-0.39, 0.29) is 12.1 Å². The number of rotatable bonds is 7. The predicted octanol–water partition coefficient (Wildman–Crippen LogP) is 3.34. The third-order valence-electron chi connectivity index (χ3n) is 3.84. The van der Waals surface area contributed by atoms with Crippen molar-refractivity contribution in [2.24, 2.45) is 0 Å². The Balaban J connectivity index is 1.98. The number of thiophene rings is 1. The van der Waals surface area contributed by atoms with Crippen LogP contribution in [0.15, 0.2) is 24.7 Å². The van der Waals surface area contributed by atoms with Crippen molar-refractivity contribution in [1.82, 2.24) is 15.0 Å². The van der Waals surface area contributed by atoms with Crippen LogP contribution in [-0.4, -0.2) is 47.9 Å². The van der Waals surface area contributed by atoms with Crippen LogP contribution in [-0.2, 0) is 9.47 Å². The molecule has 1 N–H and O–H groups in total. The molecular weight excluding hydrogens is 368 g/mol. The van der Waals surface area contributed by atoms with E-state index < -0.39 is 0 Å². The lowest BCUT2D eigenvalue weighted by Gasteiger charge is -2.16. The number of ether oxygens (including phenoxy) is 3. The molecule has 3 aromatic heterocycles. The van der Waals surface area contributed by atoms with Crippen molar-refractivity contribution < 1.29 is 19.0 Å². The van der Waals surface area contributed by atoms with E-state index in [4.69, 9.17) is 14.2 Å². The predicted molar refractivity (Wildman–Crippen MR) is 103 cm³/mol. The molecule has 1 atom stereocenters. The van der Waals surface area contributed by atoms with Crippen molar-refractivity contribution in [3.63, 3.8) is 0 Å². The number of fused-ring (bicyclic) bond motifs is 1. The van der Waals surface area contributed by atoms with Crippen LogP contribution in [0.1, 0.15) is 22.2 Å². The molecule has 3 aromatic rings. The summed E-state index contributed by atoms with van der Waals surface area (Å²) in [6, 6.07) is 3.65. The number of nitrogens with one attached hydrogen (secondary N) is 1. The van der Waals surface area contributed by atoms with E-state index in [9.17, 15) is 4.79 Å². The fourth-order valence-corrected chi connectivity index (χ4v) is 3.69. The maximum absolute atomic E-state index is 12.0. The highest BCUT2D eigenvalue weighted by molar-refractivity contribution is 7.20. The standard InChI is InChI=1S/C18H20N4O4S/c1-10(8-24-3)26-16-12(6-5-7-19-16)22-15-13-11(2)14(18(23)25-4)27-17(13)21-9-20-15/h5-7,9-10H,8H2,1-4H3,(H,20,21,22). The first-order chi connectivity index (χ1) is 13.0. The maximum atomic E-state index is 12.0. The normalized spacial score (nSPS) is 12.0. The lowest BCUT2D eigenvalue weighted by molar-refractivity contribution is 0.0605. The van der Waals surface area contributed by atoms with Crippen molar-refractivity contribution >= 4 is 39.0 Å². The van der Waals surface area contributed by atoms with Gasteiger partial charge in [0.1, 0.15) is 33.6 Å². The molecule has 0 aliphatic heterocycles. The number of anilines is 2. The molecule has 0 saturated carbocycles. The number of carbonyl (C=O) groups is 1. The third-order valence-corrected chi connectivity index (χ3v) is 5.02. The summed E-state index contributed by atoms with van der Waals surface area (Å²) < 4.78 is 15.8. The summed E-state index contributed by atoms with van der Waals surface area (Å²) in [7, 11) is 2.98. The number of pyridine rings is 1. The number of methoxy groups -OCH3 is 2. The second-order valence-electron chi connectivity index (χ2n) is 5.82. The molecule has 27 heavy (non-hydrogen) atoms. The van der Waals surface area contributed by atoms with Gasteiger partial charge in [-0.1, -0.05) is 0 Å². The van der Waals surface area contributed by atoms with Crippen LogP contribution in [0.5, 0.6) is 5.88 Å². The summed E-state index contributed by atoms with van der Waals surface area (Å²) in [6.45, 7) is 4.19. The molecule has 0 bridgehead atoms. The van der Waals surface area contributed by atoms with Crippen LogP contribution in [0.4, 0.5) is 11.5 Å². The van der Waals surface area contributed by atoms with Crippen molar-refractivity contribution in [2.75, 3.05) is 26.1 Å². The Bertz CT molecular complexity index is 960. The first kappa shape index (κ1) is 19.0. The Hall–Kier alpha value is -2.78. The smallest absolute Gasteiger partial charge is 0.348 e. The zero-order chi connectivity index (χ0) is 19.4. The zero-order valence-corrected chi connectivity index (χ0v) is 16.3. The first-order valence-corrected chi connectivity index (χ1v) is 9.06. The topological polar surface area (TPSA) is 95.5 Å². The Morgan fingerprint density at radius 3 is 2.85 bits per heavy atom. The molecule has 0 aliphatic rings. The maximum Gasteiger partial charge on any atom is 0.348 e. The van der Waals surface area contributed by atoms with Crippen LogP contribution in [0, 0.1) is 6.92 Å². The van der Waals surface area contributed by atoms with Gasteiger partial charge in [-0.05, 0) is 31.5 Å². The van der Waals surface area contributed by atoms with Gasteiger partial charge in [0.25, 0.3) is 0 Å². The van der Waals surface area contributed by atoms with E-state index in [0.29, 0.717) is 33.7 Å². The van der Waals surface area contributed by atoms with E-state index in [1.54, 1.807) is 19.4 Å². The minimum atomic E-state index is -0.389. The quantitative estimate of drug-likeness (QED) is 0.616. The van der Waals surface area contributed by atoms with Gasteiger partial charge in [-0.2, -0.15) is 0 Å². The van der Waals surface area contributed by atoms with Gasteiger partial charge in [0.15, 0.2) is 0 Å². The molecule has 8 nitrogen and oxygen atoms in total. The minimum Gasteiger partial charge on any atom is -0.471 e. The second kappa shape index (κ2) is 8.28. The number of carbonyl (C=O) groups excluding carboxylic acids is 1. The average molecular weight is 388 g/mol. The Morgan fingerprint density at radius 2 is 2.11 bits per heavy atom. The van der Waals surface area contributed by atoms with Gasteiger partial charge < -0.3 is 19.5 Å². The molecule has 0 radical (unpaired) electrons. The van der Waals surface area contributed by atoms with E-state index in [1.165, 1.54) is 24.8 Å². The summed E-state index contributed by atoms with van der Waals surface area (Å²) in [5, 5.41) is 4.02. The van der Waals surface area contributed by atoms with Gasteiger partial charge >= 0.3 is 5.97 Å². The Morgan fingerprint density at radius 1 is 1.30 bits per heavy atom. The van der Waals surface area contributed by atoms with Gasteiger partial charge in [-0.3, -0.25) is 0 Å². The fraction of sp³-hybridized carbons (Fsp3) is 0.333. The van der Waals surface area contributed by atoms with E-state index in [2.05, 4.69) is 20.3 Å². The van der Waals surface area contributed by atoms with Gasteiger partial charge in [-0.15, -0.1) is 11.3 Å². The van der Waals surface area contributed by atoms with Crippen LogP contribution in [0.2, 0.25) is 0 Å². The molecule has 1 unspecified atom stereocenters. The monoisotopic (exact) mass is 388 g/mol. The highest BCUT2D eigenvalue weighted by Gasteiger charge is 2.20. The van der Waals surface area contributed by atoms with Gasteiger partial charge in [0.2, 0.25) is 5.88 Å². The number of nitrogens with zero attached hydrogens (tertiary/aromatic N) is 3. The second-order valence-corrected chi connectivity index (χ2v) is 6.81. The summed E-state index contributed by atoms with van der Waals surface area (Å²) in [6.07, 6.45) is 2.94. The minimum absolute atomic E-state index is 0.162. The van der Waals surface area contributed by atoms with Crippen molar-refractivity contribution in [3.8, 4) is 5.88 Å². The summed E-state index contributed by atoms with van der Waals surface area (Å²) >= 11 is 1.27. The molecule has 9 heteroatoms. The Labute approximate surface area is 160 Å². The van der Waals surface area contributed by atoms with E-state index in [1.807, 2.05) is 19.9 Å². The third kappa shape index (κ3) is 3.99. The number of esters is 1. The van der Waals surface area contributed by atoms with Crippen molar-refractivity contribution in [2.45, 2.75) is 20.0 Å². The van der Waals surface area contributed by atoms with Gasteiger partial charge in [0.05, 0.1) is 19.1 Å². The Kier molecular flexibility index (Phi) is 5.82. The number of hydrogen-bond acceptors (Lipinski definition) is 9. The van der Waals surface area contributed by atoms with Crippen molar-refractivity contribution in [1.29, 1.82) is 0 Å². The number of aryl methyl sites for hydroxylation is 1. The van der Waals surface area contributed by atoms with Gasteiger partial charge in [-0.25, -0.2) is 19.7 Å². The first-order valence-electron chi connectivity index (χ1n) is 8.25. The summed E-state index contributed by atoms with van der Waals surface area (Å²) in [5.74, 6) is 0.622. The number of aromatic nitrogens is 3. The van der Waals surface area contributed by atoms with Crippen LogP contribution in [0.3, 0.4) is 0 Å². The average Bonchev–Trinajstić information content (AvgIpc) is 3.00. The van der Waals surface area contributed by atoms with Gasteiger partial charge in [0, 0.05) is 13.3 Å². The molecule has 0 aliphatic carbocycles. The molecule has 0 amide bonds. The lowest BCUT2D eigenvalue weighted by atomic mass is 10.2.